The maximum Gasteiger partial charge on any atom is 0.496 e. The van der Waals surface area contributed by atoms with Crippen LogP contribution in [0.2, 0.25) is 0 Å². The first-order valence-corrected chi connectivity index (χ1v) is 4.12. The van der Waals surface area contributed by atoms with Gasteiger partial charge < -0.3 is 4.74 Å². The molecular formula is C7F11NO2. The van der Waals surface area contributed by atoms with Crippen molar-refractivity contribution in [3.63, 3.8) is 0 Å². The maximum absolute atomic E-state index is 12.5. The van der Waals surface area contributed by atoms with Gasteiger partial charge in [-0.25, -0.2) is 4.74 Å². The smallest absolute Gasteiger partial charge is 0.396 e. The van der Waals surface area contributed by atoms with Crippen LogP contribution in [0.1, 0.15) is 0 Å². The van der Waals surface area contributed by atoms with Crippen LogP contribution < -0.4 is 0 Å². The molecule has 0 rings (SSSR count). The summed E-state index contributed by atoms with van der Waals surface area (Å²) < 4.78 is 138. The number of ether oxygens (including phenoxy) is 2. The molecule has 0 heterocycles. The van der Waals surface area contributed by atoms with Crippen LogP contribution in [-0.2, 0) is 9.47 Å². The Morgan fingerprint density at radius 2 is 1.19 bits per heavy atom. The van der Waals surface area contributed by atoms with Gasteiger partial charge in [-0.1, -0.05) is 0 Å². The first kappa shape index (κ1) is 19.2. The lowest BCUT2D eigenvalue weighted by Crippen LogP contribution is -2.53. The molecule has 0 radical (unpaired) electrons. The molecule has 0 aliphatic heterocycles. The van der Waals surface area contributed by atoms with E-state index in [1.165, 1.54) is 0 Å². The van der Waals surface area contributed by atoms with Crippen LogP contribution in [-0.4, -0.2) is 24.2 Å². The van der Waals surface area contributed by atoms with Gasteiger partial charge in [0, 0.05) is 0 Å². The highest BCUT2D eigenvalue weighted by Crippen LogP contribution is 2.46. The van der Waals surface area contributed by atoms with Crippen LogP contribution in [0.3, 0.4) is 0 Å². The topological polar surface area (TPSA) is 42.2 Å². The number of hydrogen-bond acceptors (Lipinski definition) is 3. The highest BCUT2D eigenvalue weighted by Gasteiger charge is 2.71. The van der Waals surface area contributed by atoms with Crippen LogP contribution >= 0.6 is 0 Å². The highest BCUT2D eigenvalue weighted by atomic mass is 19.3. The zero-order valence-electron chi connectivity index (χ0n) is 8.92. The number of rotatable bonds is 6. The SMILES string of the molecule is N#CC(F)(F)C(F)(F)OC(F)(F)C(F)(F)OC(F)=C(F)F. The Kier molecular flexibility index (Phi) is 5.07. The summed E-state index contributed by atoms with van der Waals surface area (Å²) in [4.78, 5) is 0. The van der Waals surface area contributed by atoms with Crippen LogP contribution in [0, 0.1) is 11.3 Å². The molecule has 0 aromatic rings. The molecule has 0 saturated carbocycles. The van der Waals surface area contributed by atoms with Crippen molar-refractivity contribution in [1.82, 2.24) is 0 Å². The average Bonchev–Trinajstić information content (AvgIpc) is 2.26. The van der Waals surface area contributed by atoms with E-state index < -0.39 is 42.4 Å². The minimum atomic E-state index is -6.69. The van der Waals surface area contributed by atoms with Crippen molar-refractivity contribution in [3.05, 3.63) is 12.1 Å². The first-order chi connectivity index (χ1) is 9.09. The van der Waals surface area contributed by atoms with Crippen LogP contribution in [0.5, 0.6) is 0 Å². The van der Waals surface area contributed by atoms with Gasteiger partial charge in [-0.05, 0) is 0 Å². The molecule has 0 aliphatic rings. The molecule has 0 aromatic carbocycles. The number of nitrogens with zero attached hydrogens (tertiary/aromatic N) is 1. The zero-order chi connectivity index (χ0) is 17.3. The lowest BCUT2D eigenvalue weighted by Gasteiger charge is -2.29. The van der Waals surface area contributed by atoms with Gasteiger partial charge >= 0.3 is 36.3 Å². The molecule has 0 spiro atoms. The fourth-order valence-corrected chi connectivity index (χ4v) is 0.560. The number of halogens is 11. The molecule has 0 amide bonds. The predicted octanol–water partition coefficient (Wildman–Crippen LogP) is 3.99. The van der Waals surface area contributed by atoms with E-state index in [2.05, 4.69) is 0 Å². The summed E-state index contributed by atoms with van der Waals surface area (Å²) in [5.74, 6) is -5.98. The summed E-state index contributed by atoms with van der Waals surface area (Å²) in [7, 11) is 0. The van der Waals surface area contributed by atoms with Gasteiger partial charge in [0.05, 0.1) is 0 Å². The van der Waals surface area contributed by atoms with E-state index in [-0.39, 0.29) is 0 Å². The van der Waals surface area contributed by atoms with Gasteiger partial charge in [0.15, 0.2) is 0 Å². The van der Waals surface area contributed by atoms with E-state index in [0.717, 1.165) is 0 Å². The third-order valence-electron chi connectivity index (χ3n) is 1.47. The standard InChI is InChI=1S/C7F11NO2/c8-2(9)3(10)20-6(15,16)7(17,18)21-5(13,14)4(11,12)1-19. The minimum Gasteiger partial charge on any atom is -0.396 e. The summed E-state index contributed by atoms with van der Waals surface area (Å²) in [6, 6.07) is -4.10. The van der Waals surface area contributed by atoms with Crippen molar-refractivity contribution in [2.75, 3.05) is 0 Å². The van der Waals surface area contributed by atoms with Gasteiger partial charge in [0.25, 0.3) is 0 Å². The quantitative estimate of drug-likeness (QED) is 0.543. The fraction of sp³-hybridized carbons (Fsp3) is 0.571. The Morgan fingerprint density at radius 1 is 0.762 bits per heavy atom. The molecule has 0 aromatic heterocycles. The van der Waals surface area contributed by atoms with E-state index in [1.54, 1.807) is 4.74 Å². The summed E-state index contributed by atoms with van der Waals surface area (Å²) in [5, 5.41) is 7.56. The Hall–Kier alpha value is -1.78. The van der Waals surface area contributed by atoms with Crippen molar-refractivity contribution in [3.8, 4) is 6.07 Å². The molecule has 0 N–H and O–H groups in total. The average molecular weight is 339 g/mol. The molecule has 0 unspecified atom stereocenters. The van der Waals surface area contributed by atoms with Crippen molar-refractivity contribution in [2.24, 2.45) is 0 Å². The second kappa shape index (κ2) is 5.54. The Balaban J connectivity index is 5.41. The molecule has 0 atom stereocenters. The Bertz CT molecular complexity index is 462. The van der Waals surface area contributed by atoms with Crippen molar-refractivity contribution in [1.29, 1.82) is 5.26 Å². The van der Waals surface area contributed by atoms with E-state index >= 15 is 0 Å². The van der Waals surface area contributed by atoms with Crippen molar-refractivity contribution in [2.45, 2.75) is 24.2 Å². The van der Waals surface area contributed by atoms with Gasteiger partial charge in [0.2, 0.25) is 0 Å². The molecule has 14 heteroatoms. The van der Waals surface area contributed by atoms with Crippen LogP contribution in [0.25, 0.3) is 0 Å². The van der Waals surface area contributed by atoms with Gasteiger partial charge in [-0.3, -0.25) is 0 Å². The molecule has 122 valence electrons. The number of nitriles is 1. The van der Waals surface area contributed by atoms with Crippen LogP contribution in [0.4, 0.5) is 48.3 Å². The number of alkyl halides is 8. The van der Waals surface area contributed by atoms with E-state index in [9.17, 15) is 48.3 Å². The molecule has 0 bridgehead atoms. The lowest BCUT2D eigenvalue weighted by atomic mass is 10.3. The molecule has 21 heavy (non-hydrogen) atoms. The van der Waals surface area contributed by atoms with Gasteiger partial charge in [-0.2, -0.15) is 53.6 Å². The highest BCUT2D eigenvalue weighted by molar-refractivity contribution is 4.99. The number of hydrogen-bond donors (Lipinski definition) is 0. The van der Waals surface area contributed by atoms with E-state index in [0.29, 0.717) is 0 Å². The monoisotopic (exact) mass is 339 g/mol. The van der Waals surface area contributed by atoms with Crippen molar-refractivity contribution < 1.29 is 57.8 Å². The van der Waals surface area contributed by atoms with Gasteiger partial charge in [-0.15, -0.1) is 0 Å². The Labute approximate surface area is 107 Å². The molecule has 0 fully saturated rings. The molecular weight excluding hydrogens is 339 g/mol. The summed E-state index contributed by atoms with van der Waals surface area (Å²) in [6.45, 7) is 0. The largest absolute Gasteiger partial charge is 0.496 e. The van der Waals surface area contributed by atoms with E-state index in [4.69, 9.17) is 5.26 Å². The summed E-state index contributed by atoms with van der Waals surface area (Å²) >= 11 is 0. The summed E-state index contributed by atoms with van der Waals surface area (Å²) in [5.41, 5.74) is 0. The molecule has 0 aliphatic carbocycles. The van der Waals surface area contributed by atoms with Crippen LogP contribution in [0.15, 0.2) is 12.1 Å². The van der Waals surface area contributed by atoms with Gasteiger partial charge in [0.1, 0.15) is 6.07 Å². The second-order valence-electron chi connectivity index (χ2n) is 2.97. The third-order valence-corrected chi connectivity index (χ3v) is 1.47. The Morgan fingerprint density at radius 3 is 1.52 bits per heavy atom. The minimum absolute atomic E-state index is 0.516. The zero-order valence-corrected chi connectivity index (χ0v) is 8.92. The third kappa shape index (κ3) is 4.09. The fourth-order valence-electron chi connectivity index (χ4n) is 0.560. The second-order valence-corrected chi connectivity index (χ2v) is 2.97. The molecule has 0 saturated heterocycles. The predicted molar refractivity (Wildman–Crippen MR) is 37.9 cm³/mol. The lowest BCUT2D eigenvalue weighted by molar-refractivity contribution is -0.496. The summed E-state index contributed by atoms with van der Waals surface area (Å²) in [6.07, 6.45) is -23.3. The maximum atomic E-state index is 12.5. The normalized spacial score (nSPS) is 13.6. The molecule has 3 nitrogen and oxygen atoms in total. The van der Waals surface area contributed by atoms with E-state index in [1.807, 2.05) is 4.74 Å². The van der Waals surface area contributed by atoms with Crippen molar-refractivity contribution >= 4 is 0 Å². The first-order valence-electron chi connectivity index (χ1n) is 4.12.